The van der Waals surface area contributed by atoms with Gasteiger partial charge in [0.1, 0.15) is 17.4 Å². The standard InChI is InChI=1S/C11H11F3N2O3/c12-11(13,14)9-5-7(16(17)18)1-2-10(9)19-8-3-4-15-6-8/h1-2,5,8,15H,3-4,6H2. The highest BCUT2D eigenvalue weighted by molar-refractivity contribution is 5.45. The Kier molecular flexibility index (Phi) is 3.61. The van der Waals surface area contributed by atoms with Crippen LogP contribution < -0.4 is 10.1 Å². The highest BCUT2D eigenvalue weighted by Crippen LogP contribution is 2.38. The van der Waals surface area contributed by atoms with Gasteiger partial charge < -0.3 is 10.1 Å². The predicted octanol–water partition coefficient (Wildman–Crippen LogP) is 2.35. The number of nitro groups is 1. The molecule has 1 aliphatic rings. The quantitative estimate of drug-likeness (QED) is 0.680. The number of alkyl halides is 3. The van der Waals surface area contributed by atoms with Crippen LogP contribution in [0.25, 0.3) is 0 Å². The van der Waals surface area contributed by atoms with Gasteiger partial charge in [-0.1, -0.05) is 0 Å². The van der Waals surface area contributed by atoms with Crippen molar-refractivity contribution in [3.8, 4) is 5.75 Å². The van der Waals surface area contributed by atoms with Gasteiger partial charge in [0.05, 0.1) is 4.92 Å². The Labute approximate surface area is 106 Å². The molecule has 1 saturated heterocycles. The van der Waals surface area contributed by atoms with Crippen LogP contribution in [-0.2, 0) is 6.18 Å². The Balaban J connectivity index is 2.33. The summed E-state index contributed by atoms with van der Waals surface area (Å²) >= 11 is 0. The van der Waals surface area contributed by atoms with E-state index in [2.05, 4.69) is 5.32 Å². The lowest BCUT2D eigenvalue weighted by molar-refractivity contribution is -0.385. The van der Waals surface area contributed by atoms with Gasteiger partial charge in [0, 0.05) is 18.7 Å². The van der Waals surface area contributed by atoms with Gasteiger partial charge in [-0.15, -0.1) is 0 Å². The maximum Gasteiger partial charge on any atom is 0.420 e. The first-order valence-electron chi connectivity index (χ1n) is 5.61. The molecule has 0 aliphatic carbocycles. The average molecular weight is 276 g/mol. The molecule has 1 aromatic carbocycles. The fraction of sp³-hybridized carbons (Fsp3) is 0.455. The minimum atomic E-state index is -4.69. The fourth-order valence-electron chi connectivity index (χ4n) is 1.86. The monoisotopic (exact) mass is 276 g/mol. The summed E-state index contributed by atoms with van der Waals surface area (Å²) in [4.78, 5) is 9.66. The zero-order chi connectivity index (χ0) is 14.0. The van der Waals surface area contributed by atoms with Crippen molar-refractivity contribution in [2.45, 2.75) is 18.7 Å². The molecule has 2 rings (SSSR count). The SMILES string of the molecule is O=[N+]([O-])c1ccc(OC2CCNC2)c(C(F)(F)F)c1. The summed E-state index contributed by atoms with van der Waals surface area (Å²) in [6.07, 6.45) is -4.43. The zero-order valence-electron chi connectivity index (χ0n) is 9.74. The van der Waals surface area contributed by atoms with Crippen LogP contribution in [0.3, 0.4) is 0 Å². The molecule has 1 heterocycles. The molecule has 1 aromatic rings. The van der Waals surface area contributed by atoms with E-state index in [1.807, 2.05) is 0 Å². The Morgan fingerprint density at radius 3 is 2.68 bits per heavy atom. The molecule has 5 nitrogen and oxygen atoms in total. The van der Waals surface area contributed by atoms with E-state index in [0.29, 0.717) is 25.6 Å². The third kappa shape index (κ3) is 3.14. The highest BCUT2D eigenvalue weighted by atomic mass is 19.4. The number of hydrogen-bond acceptors (Lipinski definition) is 4. The molecule has 19 heavy (non-hydrogen) atoms. The van der Waals surface area contributed by atoms with Crippen LogP contribution in [-0.4, -0.2) is 24.1 Å². The van der Waals surface area contributed by atoms with Crippen LogP contribution in [0.5, 0.6) is 5.75 Å². The Bertz CT molecular complexity index is 485. The first-order valence-corrected chi connectivity index (χ1v) is 5.61. The summed E-state index contributed by atoms with van der Waals surface area (Å²) in [5.74, 6) is -0.369. The van der Waals surface area contributed by atoms with E-state index in [-0.39, 0.29) is 11.9 Å². The van der Waals surface area contributed by atoms with Crippen LogP contribution in [0.4, 0.5) is 18.9 Å². The summed E-state index contributed by atoms with van der Waals surface area (Å²) in [5.41, 5.74) is -1.72. The van der Waals surface area contributed by atoms with Crippen molar-refractivity contribution in [3.05, 3.63) is 33.9 Å². The van der Waals surface area contributed by atoms with E-state index < -0.39 is 22.4 Å². The minimum Gasteiger partial charge on any atom is -0.488 e. The van der Waals surface area contributed by atoms with E-state index in [9.17, 15) is 23.3 Å². The van der Waals surface area contributed by atoms with Gasteiger partial charge in [0.15, 0.2) is 0 Å². The zero-order valence-corrected chi connectivity index (χ0v) is 9.74. The van der Waals surface area contributed by atoms with Crippen LogP contribution in [0, 0.1) is 10.1 Å². The molecule has 1 atom stereocenters. The lowest BCUT2D eigenvalue weighted by atomic mass is 10.1. The Hall–Kier alpha value is -1.83. The third-order valence-electron chi connectivity index (χ3n) is 2.79. The van der Waals surface area contributed by atoms with Crippen molar-refractivity contribution in [2.24, 2.45) is 0 Å². The maximum atomic E-state index is 12.8. The second-order valence-corrected chi connectivity index (χ2v) is 4.17. The molecule has 0 bridgehead atoms. The maximum absolute atomic E-state index is 12.8. The lowest BCUT2D eigenvalue weighted by Gasteiger charge is -2.17. The van der Waals surface area contributed by atoms with Crippen LogP contribution in [0.1, 0.15) is 12.0 Å². The van der Waals surface area contributed by atoms with Crippen LogP contribution in [0.2, 0.25) is 0 Å². The third-order valence-corrected chi connectivity index (χ3v) is 2.79. The van der Waals surface area contributed by atoms with Crippen molar-refractivity contribution in [3.63, 3.8) is 0 Å². The molecule has 104 valence electrons. The smallest absolute Gasteiger partial charge is 0.420 e. The molecule has 0 aromatic heterocycles. The second kappa shape index (κ2) is 5.04. The van der Waals surface area contributed by atoms with Crippen molar-refractivity contribution in [1.82, 2.24) is 5.32 Å². The van der Waals surface area contributed by atoms with Gasteiger partial charge in [-0.2, -0.15) is 13.2 Å². The van der Waals surface area contributed by atoms with Gasteiger partial charge in [-0.3, -0.25) is 10.1 Å². The number of rotatable bonds is 3. The van der Waals surface area contributed by atoms with Gasteiger partial charge in [-0.25, -0.2) is 0 Å². The average Bonchev–Trinajstić information content (AvgIpc) is 2.80. The highest BCUT2D eigenvalue weighted by Gasteiger charge is 2.36. The van der Waals surface area contributed by atoms with Gasteiger partial charge in [0.2, 0.25) is 0 Å². The minimum absolute atomic E-state index is 0.345. The Morgan fingerprint density at radius 2 is 2.16 bits per heavy atom. The van der Waals surface area contributed by atoms with Crippen LogP contribution >= 0.6 is 0 Å². The van der Waals surface area contributed by atoms with E-state index >= 15 is 0 Å². The Morgan fingerprint density at radius 1 is 1.42 bits per heavy atom. The summed E-state index contributed by atoms with van der Waals surface area (Å²) in [7, 11) is 0. The first-order chi connectivity index (χ1) is 8.88. The summed E-state index contributed by atoms with van der Waals surface area (Å²) in [5, 5.41) is 13.5. The number of halogens is 3. The number of non-ortho nitro benzene ring substituents is 1. The molecule has 1 unspecified atom stereocenters. The fourth-order valence-corrected chi connectivity index (χ4v) is 1.86. The van der Waals surface area contributed by atoms with Crippen molar-refractivity contribution in [1.29, 1.82) is 0 Å². The summed E-state index contributed by atoms with van der Waals surface area (Å²) in [6.45, 7) is 1.15. The lowest BCUT2D eigenvalue weighted by Crippen LogP contribution is -2.21. The number of nitrogens with zero attached hydrogens (tertiary/aromatic N) is 1. The molecule has 8 heteroatoms. The molecular weight excluding hydrogens is 265 g/mol. The van der Waals surface area contributed by atoms with Gasteiger partial charge in [0.25, 0.3) is 5.69 Å². The number of hydrogen-bond donors (Lipinski definition) is 1. The predicted molar refractivity (Wildman–Crippen MR) is 60.0 cm³/mol. The largest absolute Gasteiger partial charge is 0.488 e. The topological polar surface area (TPSA) is 64.4 Å². The molecule has 0 spiro atoms. The van der Waals surface area contributed by atoms with Crippen molar-refractivity contribution in [2.75, 3.05) is 13.1 Å². The normalized spacial score (nSPS) is 19.4. The molecule has 1 fully saturated rings. The molecule has 0 radical (unpaired) electrons. The molecule has 0 amide bonds. The molecule has 1 N–H and O–H groups in total. The van der Waals surface area contributed by atoms with Crippen molar-refractivity contribution < 1.29 is 22.8 Å². The number of ether oxygens (including phenoxy) is 1. The van der Waals surface area contributed by atoms with Gasteiger partial charge >= 0.3 is 6.18 Å². The number of nitro benzene ring substituents is 1. The van der Waals surface area contributed by atoms with E-state index in [0.717, 1.165) is 12.1 Å². The van der Waals surface area contributed by atoms with Crippen LogP contribution in [0.15, 0.2) is 18.2 Å². The summed E-state index contributed by atoms with van der Waals surface area (Å²) in [6, 6.07) is 2.50. The van der Waals surface area contributed by atoms with E-state index in [1.165, 1.54) is 0 Å². The molecule has 0 saturated carbocycles. The first kappa shape index (κ1) is 13.6. The van der Waals surface area contributed by atoms with Gasteiger partial charge in [-0.05, 0) is 19.0 Å². The van der Waals surface area contributed by atoms with Crippen molar-refractivity contribution >= 4 is 5.69 Å². The number of nitrogens with one attached hydrogen (secondary N) is 1. The second-order valence-electron chi connectivity index (χ2n) is 4.17. The van der Waals surface area contributed by atoms with E-state index in [4.69, 9.17) is 4.74 Å². The molecular formula is C11H11F3N2O3. The summed E-state index contributed by atoms with van der Waals surface area (Å²) < 4.78 is 43.8. The van der Waals surface area contributed by atoms with E-state index in [1.54, 1.807) is 0 Å². The number of benzene rings is 1. The molecule has 1 aliphatic heterocycles.